The maximum absolute atomic E-state index is 13.2. The van der Waals surface area contributed by atoms with Crippen LogP contribution in [-0.4, -0.2) is 56.3 Å². The highest BCUT2D eigenvalue weighted by Gasteiger charge is 2.38. The SMILES string of the molecule is CC(C)n1ncc2ccc(-c3noc(C4CCN(C(=O)C5CC(=O)N(c6ccccc6)C5)CC4)n3)cc21. The average molecular weight is 499 g/mol. The lowest BCUT2D eigenvalue weighted by Crippen LogP contribution is -2.42. The zero-order valence-electron chi connectivity index (χ0n) is 21.1. The van der Waals surface area contributed by atoms with Gasteiger partial charge in [0, 0.05) is 54.7 Å². The van der Waals surface area contributed by atoms with Gasteiger partial charge in [0.15, 0.2) is 0 Å². The third-order valence-electron chi connectivity index (χ3n) is 7.49. The van der Waals surface area contributed by atoms with Crippen molar-refractivity contribution in [3.8, 4) is 11.4 Å². The number of hydrogen-bond donors (Lipinski definition) is 0. The van der Waals surface area contributed by atoms with Crippen molar-refractivity contribution >= 4 is 28.4 Å². The molecule has 2 aromatic carbocycles. The summed E-state index contributed by atoms with van der Waals surface area (Å²) in [5.74, 6) is 1.07. The van der Waals surface area contributed by atoms with E-state index in [1.807, 2.05) is 58.2 Å². The molecular weight excluding hydrogens is 468 g/mol. The monoisotopic (exact) mass is 498 g/mol. The molecule has 0 spiro atoms. The van der Waals surface area contributed by atoms with Crippen LogP contribution >= 0.6 is 0 Å². The molecule has 190 valence electrons. The molecule has 4 heterocycles. The first-order chi connectivity index (χ1) is 18.0. The van der Waals surface area contributed by atoms with Crippen molar-refractivity contribution in [3.63, 3.8) is 0 Å². The highest BCUT2D eigenvalue weighted by Crippen LogP contribution is 2.32. The second-order valence-electron chi connectivity index (χ2n) is 10.3. The Morgan fingerprint density at radius 3 is 2.62 bits per heavy atom. The molecule has 9 nitrogen and oxygen atoms in total. The maximum atomic E-state index is 13.2. The van der Waals surface area contributed by atoms with Gasteiger partial charge in [0.1, 0.15) is 0 Å². The number of rotatable bonds is 5. The van der Waals surface area contributed by atoms with Crippen LogP contribution in [0.25, 0.3) is 22.3 Å². The quantitative estimate of drug-likeness (QED) is 0.404. The fourth-order valence-corrected chi connectivity index (χ4v) is 5.44. The minimum absolute atomic E-state index is 0.00691. The molecule has 4 aromatic rings. The standard InChI is InChI=1S/C28H30N6O3/c1-18(2)34-24-14-20(8-9-21(24)16-29-34)26-30-27(37-31-26)19-10-12-32(13-11-19)28(36)22-15-25(35)33(17-22)23-6-4-3-5-7-23/h3-9,14,16,18-19,22H,10-13,15,17H2,1-2H3. The lowest BCUT2D eigenvalue weighted by molar-refractivity contribution is -0.136. The Labute approximate surface area is 215 Å². The number of aromatic nitrogens is 4. The van der Waals surface area contributed by atoms with E-state index in [2.05, 4.69) is 30.2 Å². The van der Waals surface area contributed by atoms with Crippen molar-refractivity contribution in [2.45, 2.75) is 45.1 Å². The molecule has 2 fully saturated rings. The van der Waals surface area contributed by atoms with Gasteiger partial charge in [-0.1, -0.05) is 35.5 Å². The Hall–Kier alpha value is -4.01. The lowest BCUT2D eigenvalue weighted by atomic mass is 9.95. The number of para-hydroxylation sites is 1. The van der Waals surface area contributed by atoms with Gasteiger partial charge in [-0.05, 0) is 44.9 Å². The van der Waals surface area contributed by atoms with Gasteiger partial charge in [0.05, 0.1) is 17.6 Å². The summed E-state index contributed by atoms with van der Waals surface area (Å²) in [5, 5.41) is 9.81. The van der Waals surface area contributed by atoms with Gasteiger partial charge in [0.2, 0.25) is 23.5 Å². The predicted octanol–water partition coefficient (Wildman–Crippen LogP) is 4.43. The zero-order valence-corrected chi connectivity index (χ0v) is 21.1. The van der Waals surface area contributed by atoms with Crippen LogP contribution in [0.5, 0.6) is 0 Å². The van der Waals surface area contributed by atoms with Gasteiger partial charge < -0.3 is 14.3 Å². The molecule has 2 aromatic heterocycles. The normalized spacial score (nSPS) is 18.9. The van der Waals surface area contributed by atoms with Crippen LogP contribution in [0, 0.1) is 5.92 Å². The highest BCUT2D eigenvalue weighted by atomic mass is 16.5. The summed E-state index contributed by atoms with van der Waals surface area (Å²) in [4.78, 5) is 34.1. The van der Waals surface area contributed by atoms with E-state index < -0.39 is 0 Å². The van der Waals surface area contributed by atoms with Crippen molar-refractivity contribution < 1.29 is 14.1 Å². The van der Waals surface area contributed by atoms with E-state index in [1.165, 1.54) is 0 Å². The summed E-state index contributed by atoms with van der Waals surface area (Å²) in [7, 11) is 0. The third-order valence-corrected chi connectivity index (χ3v) is 7.49. The minimum Gasteiger partial charge on any atom is -0.342 e. The molecule has 0 radical (unpaired) electrons. The van der Waals surface area contributed by atoms with Crippen molar-refractivity contribution in [2.24, 2.45) is 5.92 Å². The van der Waals surface area contributed by atoms with Gasteiger partial charge >= 0.3 is 0 Å². The van der Waals surface area contributed by atoms with Crippen LogP contribution in [0.3, 0.4) is 0 Å². The fraction of sp³-hybridized carbons (Fsp3) is 0.393. The summed E-state index contributed by atoms with van der Waals surface area (Å²) in [6.07, 6.45) is 3.66. The van der Waals surface area contributed by atoms with Crippen LogP contribution in [0.4, 0.5) is 5.69 Å². The zero-order chi connectivity index (χ0) is 25.5. The van der Waals surface area contributed by atoms with E-state index in [0.717, 1.165) is 35.0 Å². The molecule has 2 amide bonds. The Bertz CT molecular complexity index is 1430. The number of amides is 2. The first kappa shape index (κ1) is 23.4. The molecule has 2 saturated heterocycles. The smallest absolute Gasteiger partial charge is 0.230 e. The molecule has 1 atom stereocenters. The molecule has 6 rings (SSSR count). The Morgan fingerprint density at radius 2 is 1.86 bits per heavy atom. The Morgan fingerprint density at radius 1 is 1.08 bits per heavy atom. The van der Waals surface area contributed by atoms with E-state index in [0.29, 0.717) is 31.3 Å². The van der Waals surface area contributed by atoms with Crippen molar-refractivity contribution in [1.82, 2.24) is 24.8 Å². The fourth-order valence-electron chi connectivity index (χ4n) is 5.44. The van der Waals surface area contributed by atoms with Gasteiger partial charge in [-0.2, -0.15) is 10.1 Å². The summed E-state index contributed by atoms with van der Waals surface area (Å²) < 4.78 is 7.65. The maximum Gasteiger partial charge on any atom is 0.230 e. The van der Waals surface area contributed by atoms with E-state index in [4.69, 9.17) is 9.51 Å². The summed E-state index contributed by atoms with van der Waals surface area (Å²) in [6.45, 7) is 5.89. The van der Waals surface area contributed by atoms with E-state index in [-0.39, 0.29) is 36.1 Å². The number of hydrogen-bond acceptors (Lipinski definition) is 6. The number of fused-ring (bicyclic) bond motifs is 1. The number of anilines is 1. The molecule has 2 aliphatic rings. The van der Waals surface area contributed by atoms with E-state index in [9.17, 15) is 9.59 Å². The average Bonchev–Trinajstić information content (AvgIpc) is 3.67. The summed E-state index contributed by atoms with van der Waals surface area (Å²) >= 11 is 0. The number of benzene rings is 2. The molecule has 1 unspecified atom stereocenters. The van der Waals surface area contributed by atoms with Gasteiger partial charge in [-0.3, -0.25) is 14.3 Å². The minimum atomic E-state index is -0.298. The predicted molar refractivity (Wildman–Crippen MR) is 139 cm³/mol. The van der Waals surface area contributed by atoms with Crippen LogP contribution < -0.4 is 4.90 Å². The molecule has 0 saturated carbocycles. The van der Waals surface area contributed by atoms with E-state index in [1.54, 1.807) is 4.90 Å². The first-order valence-electron chi connectivity index (χ1n) is 12.9. The second kappa shape index (κ2) is 9.46. The molecule has 37 heavy (non-hydrogen) atoms. The van der Waals surface area contributed by atoms with E-state index >= 15 is 0 Å². The molecular formula is C28H30N6O3. The van der Waals surface area contributed by atoms with Gasteiger partial charge in [0.25, 0.3) is 0 Å². The largest absolute Gasteiger partial charge is 0.342 e. The van der Waals surface area contributed by atoms with Gasteiger partial charge in [-0.25, -0.2) is 0 Å². The topological polar surface area (TPSA) is 97.4 Å². The molecule has 9 heteroatoms. The van der Waals surface area contributed by atoms with Crippen molar-refractivity contribution in [1.29, 1.82) is 0 Å². The lowest BCUT2D eigenvalue weighted by Gasteiger charge is -2.32. The van der Waals surface area contributed by atoms with Crippen LogP contribution in [0.15, 0.2) is 59.3 Å². The number of nitrogens with zero attached hydrogens (tertiary/aromatic N) is 6. The van der Waals surface area contributed by atoms with Crippen LogP contribution in [0.1, 0.15) is 51.0 Å². The molecule has 0 bridgehead atoms. The third kappa shape index (κ3) is 4.39. The van der Waals surface area contributed by atoms with Crippen molar-refractivity contribution in [2.75, 3.05) is 24.5 Å². The summed E-state index contributed by atoms with van der Waals surface area (Å²) in [6, 6.07) is 15.9. The second-order valence-corrected chi connectivity index (χ2v) is 10.3. The highest BCUT2D eigenvalue weighted by molar-refractivity contribution is 6.00. The van der Waals surface area contributed by atoms with Gasteiger partial charge in [-0.15, -0.1) is 0 Å². The number of piperidine rings is 1. The first-order valence-corrected chi connectivity index (χ1v) is 12.9. The van der Waals surface area contributed by atoms with Crippen LogP contribution in [-0.2, 0) is 9.59 Å². The van der Waals surface area contributed by atoms with Crippen LogP contribution in [0.2, 0.25) is 0 Å². The van der Waals surface area contributed by atoms with Crippen molar-refractivity contribution in [3.05, 3.63) is 60.6 Å². The molecule has 0 N–H and O–H groups in total. The molecule has 2 aliphatic heterocycles. The number of carbonyl (C=O) groups is 2. The number of likely N-dealkylation sites (tertiary alicyclic amines) is 1. The Balaban J connectivity index is 1.09. The Kier molecular flexibility index (Phi) is 5.98. The number of carbonyl (C=O) groups excluding carboxylic acids is 2. The summed E-state index contributed by atoms with van der Waals surface area (Å²) in [5.41, 5.74) is 2.79. The molecule has 0 aliphatic carbocycles.